The number of nitrogens with one attached hydrogen (secondary N) is 1. The van der Waals surface area contributed by atoms with Gasteiger partial charge < -0.3 is 19.5 Å². The van der Waals surface area contributed by atoms with E-state index in [1.165, 1.54) is 13.2 Å². The van der Waals surface area contributed by atoms with Crippen LogP contribution in [0.5, 0.6) is 17.2 Å². The second-order valence-corrected chi connectivity index (χ2v) is 7.12. The van der Waals surface area contributed by atoms with Gasteiger partial charge in [-0.05, 0) is 36.8 Å². The van der Waals surface area contributed by atoms with Crippen LogP contribution >= 0.6 is 11.3 Å². The summed E-state index contributed by atoms with van der Waals surface area (Å²) in [5.74, 6) is 0.842. The zero-order chi connectivity index (χ0) is 21.0. The summed E-state index contributed by atoms with van der Waals surface area (Å²) < 4.78 is 30.1. The second kappa shape index (κ2) is 8.91. The zero-order valence-corrected chi connectivity index (χ0v) is 17.4. The second-order valence-electron chi connectivity index (χ2n) is 6.12. The first kappa shape index (κ1) is 20.6. The Labute approximate surface area is 172 Å². The number of halogens is 1. The number of hydrogen-bond donors (Lipinski definition) is 1. The number of nitrogens with zero attached hydrogens (tertiary/aromatic N) is 1. The summed E-state index contributed by atoms with van der Waals surface area (Å²) in [7, 11) is 4.59. The fraction of sp³-hybridized carbons (Fsp3) is 0.238. The monoisotopic (exact) mass is 416 g/mol. The molecule has 29 heavy (non-hydrogen) atoms. The molecule has 0 bridgehead atoms. The number of aromatic nitrogens is 1. The molecule has 1 N–H and O–H groups in total. The molecule has 0 aliphatic carbocycles. The third kappa shape index (κ3) is 4.32. The first-order valence-electron chi connectivity index (χ1n) is 8.77. The minimum absolute atomic E-state index is 0.252. The molecule has 0 unspecified atom stereocenters. The lowest BCUT2D eigenvalue weighted by Gasteiger charge is -2.10. The third-order valence-electron chi connectivity index (χ3n) is 4.31. The Bertz CT molecular complexity index is 1040. The van der Waals surface area contributed by atoms with Crippen molar-refractivity contribution in [1.82, 2.24) is 10.3 Å². The molecule has 2 aromatic carbocycles. The maximum atomic E-state index is 14.3. The highest BCUT2D eigenvalue weighted by Gasteiger charge is 2.21. The van der Waals surface area contributed by atoms with E-state index in [-0.39, 0.29) is 11.5 Å². The molecule has 0 spiro atoms. The van der Waals surface area contributed by atoms with E-state index < -0.39 is 5.82 Å². The zero-order valence-electron chi connectivity index (χ0n) is 16.5. The van der Waals surface area contributed by atoms with Crippen LogP contribution in [0, 0.1) is 12.7 Å². The predicted molar refractivity (Wildman–Crippen MR) is 110 cm³/mol. The van der Waals surface area contributed by atoms with Crippen molar-refractivity contribution in [3.05, 3.63) is 58.3 Å². The van der Waals surface area contributed by atoms with Gasteiger partial charge in [-0.1, -0.05) is 12.1 Å². The lowest BCUT2D eigenvalue weighted by molar-refractivity contribution is 0.0954. The average Bonchev–Trinajstić information content (AvgIpc) is 3.12. The lowest BCUT2D eigenvalue weighted by Crippen LogP contribution is -2.22. The number of carbonyl (C=O) groups excluding carboxylic acids is 1. The molecule has 3 aromatic rings. The number of ether oxygens (including phenoxy) is 3. The van der Waals surface area contributed by atoms with Crippen molar-refractivity contribution < 1.29 is 23.4 Å². The van der Waals surface area contributed by atoms with Crippen molar-refractivity contribution in [3.8, 4) is 27.8 Å². The van der Waals surface area contributed by atoms with E-state index in [9.17, 15) is 9.18 Å². The first-order chi connectivity index (χ1) is 14.0. The van der Waals surface area contributed by atoms with Crippen LogP contribution < -0.4 is 19.5 Å². The molecule has 0 atom stereocenters. The number of thiazole rings is 1. The smallest absolute Gasteiger partial charge is 0.263 e. The van der Waals surface area contributed by atoms with Crippen LogP contribution in [-0.2, 0) is 6.54 Å². The highest BCUT2D eigenvalue weighted by molar-refractivity contribution is 7.17. The van der Waals surface area contributed by atoms with Crippen molar-refractivity contribution in [3.63, 3.8) is 0 Å². The molecular weight excluding hydrogens is 395 g/mol. The van der Waals surface area contributed by atoms with Gasteiger partial charge in [-0.3, -0.25) is 4.79 Å². The molecule has 1 aromatic heterocycles. The Hall–Kier alpha value is -3.13. The molecule has 0 fully saturated rings. The van der Waals surface area contributed by atoms with Gasteiger partial charge in [0.15, 0.2) is 11.5 Å². The molecule has 0 radical (unpaired) electrons. The SMILES string of the molecule is COc1ccc(CNC(=O)c2sc(-c3c(F)cccc3OC)nc2C)cc1OC. The topological polar surface area (TPSA) is 69.7 Å². The van der Waals surface area contributed by atoms with E-state index in [4.69, 9.17) is 14.2 Å². The number of amides is 1. The number of rotatable bonds is 7. The van der Waals surface area contributed by atoms with Gasteiger partial charge in [0.2, 0.25) is 0 Å². The number of aryl methyl sites for hydroxylation is 1. The summed E-state index contributed by atoms with van der Waals surface area (Å²) in [6, 6.07) is 9.98. The highest BCUT2D eigenvalue weighted by Crippen LogP contribution is 2.36. The Morgan fingerprint density at radius 1 is 1.07 bits per heavy atom. The fourth-order valence-electron chi connectivity index (χ4n) is 2.85. The van der Waals surface area contributed by atoms with Crippen LogP contribution in [0.4, 0.5) is 4.39 Å². The molecule has 8 heteroatoms. The Morgan fingerprint density at radius 3 is 2.48 bits per heavy atom. The summed E-state index contributed by atoms with van der Waals surface area (Å²) in [6.07, 6.45) is 0. The molecule has 0 aliphatic rings. The van der Waals surface area contributed by atoms with E-state index in [0.29, 0.717) is 39.4 Å². The van der Waals surface area contributed by atoms with Gasteiger partial charge in [0.05, 0.1) is 32.6 Å². The van der Waals surface area contributed by atoms with E-state index in [1.807, 2.05) is 6.07 Å². The average molecular weight is 416 g/mol. The third-order valence-corrected chi connectivity index (χ3v) is 5.49. The van der Waals surface area contributed by atoms with Crippen LogP contribution in [0.15, 0.2) is 36.4 Å². The molecule has 3 rings (SSSR count). The molecule has 6 nitrogen and oxygen atoms in total. The van der Waals surface area contributed by atoms with Crippen LogP contribution in [-0.4, -0.2) is 32.2 Å². The van der Waals surface area contributed by atoms with Gasteiger partial charge in [-0.15, -0.1) is 11.3 Å². The number of carbonyl (C=O) groups is 1. The summed E-state index contributed by atoms with van der Waals surface area (Å²) in [6.45, 7) is 2.02. The van der Waals surface area contributed by atoms with Crippen molar-refractivity contribution in [2.45, 2.75) is 13.5 Å². The van der Waals surface area contributed by atoms with Gasteiger partial charge >= 0.3 is 0 Å². The minimum atomic E-state index is -0.449. The summed E-state index contributed by atoms with van der Waals surface area (Å²) in [5.41, 5.74) is 1.64. The van der Waals surface area contributed by atoms with Crippen molar-refractivity contribution in [1.29, 1.82) is 0 Å². The van der Waals surface area contributed by atoms with Gasteiger partial charge in [0, 0.05) is 6.54 Å². The molecular formula is C21H21FN2O4S. The van der Waals surface area contributed by atoms with E-state index in [2.05, 4.69) is 10.3 Å². The number of benzene rings is 2. The predicted octanol–water partition coefficient (Wildman–Crippen LogP) is 4.21. The Morgan fingerprint density at radius 2 is 1.79 bits per heavy atom. The molecule has 1 heterocycles. The van der Waals surface area contributed by atoms with E-state index >= 15 is 0 Å². The molecule has 152 valence electrons. The van der Waals surface area contributed by atoms with Gasteiger partial charge in [-0.2, -0.15) is 0 Å². The van der Waals surface area contributed by atoms with Crippen molar-refractivity contribution in [2.24, 2.45) is 0 Å². The van der Waals surface area contributed by atoms with E-state index in [1.54, 1.807) is 45.4 Å². The van der Waals surface area contributed by atoms with Crippen molar-refractivity contribution >= 4 is 17.2 Å². The number of hydrogen-bond acceptors (Lipinski definition) is 6. The molecule has 0 saturated carbocycles. The highest BCUT2D eigenvalue weighted by atomic mass is 32.1. The van der Waals surface area contributed by atoms with Gasteiger partial charge in [-0.25, -0.2) is 9.37 Å². The van der Waals surface area contributed by atoms with Crippen LogP contribution in [0.25, 0.3) is 10.6 Å². The van der Waals surface area contributed by atoms with Crippen LogP contribution in [0.2, 0.25) is 0 Å². The molecule has 0 saturated heterocycles. The molecule has 0 aliphatic heterocycles. The lowest BCUT2D eigenvalue weighted by atomic mass is 10.2. The van der Waals surface area contributed by atoms with Crippen molar-refractivity contribution in [2.75, 3.05) is 21.3 Å². The first-order valence-corrected chi connectivity index (χ1v) is 9.59. The fourth-order valence-corrected chi connectivity index (χ4v) is 3.88. The summed E-state index contributed by atoms with van der Waals surface area (Å²) in [5, 5.41) is 3.26. The Kier molecular flexibility index (Phi) is 6.33. The summed E-state index contributed by atoms with van der Waals surface area (Å²) in [4.78, 5) is 17.5. The maximum absolute atomic E-state index is 14.3. The van der Waals surface area contributed by atoms with Gasteiger partial charge in [0.25, 0.3) is 5.91 Å². The standard InChI is InChI=1S/C21H21FN2O4S/c1-12-19(29-21(24-12)18-14(22)6-5-7-16(18)27-3)20(25)23-11-13-8-9-15(26-2)17(10-13)28-4/h5-10H,11H2,1-4H3,(H,23,25). The number of methoxy groups -OCH3 is 3. The minimum Gasteiger partial charge on any atom is -0.496 e. The summed E-state index contributed by atoms with van der Waals surface area (Å²) >= 11 is 1.13. The largest absolute Gasteiger partial charge is 0.496 e. The quantitative estimate of drug-likeness (QED) is 0.625. The van der Waals surface area contributed by atoms with E-state index in [0.717, 1.165) is 16.9 Å². The van der Waals surface area contributed by atoms with Crippen LogP contribution in [0.3, 0.4) is 0 Å². The van der Waals surface area contributed by atoms with Crippen LogP contribution in [0.1, 0.15) is 20.9 Å². The normalized spacial score (nSPS) is 10.5. The molecule has 1 amide bonds. The maximum Gasteiger partial charge on any atom is 0.263 e. The Balaban J connectivity index is 1.80. The van der Waals surface area contributed by atoms with Gasteiger partial charge in [0.1, 0.15) is 21.5 Å².